The number of aromatic nitrogens is 2. The van der Waals surface area contributed by atoms with Crippen LogP contribution in [0, 0.1) is 10.1 Å². The fraction of sp³-hybridized carbons (Fsp3) is 0.263. The Morgan fingerprint density at radius 2 is 1.71 bits per heavy atom. The van der Waals surface area contributed by atoms with Crippen molar-refractivity contribution in [2.45, 2.75) is 11.4 Å². The number of hydrogen-bond acceptors (Lipinski definition) is 7. The SMILES string of the molecule is CN(C)CCNC(=O)Cn1c(=O)n(S(=O)(=O)c2ccc([N+](=O)[O-])cc2)c2ccccc21. The summed E-state index contributed by atoms with van der Waals surface area (Å²) in [5.74, 6) is -0.431. The maximum absolute atomic E-state index is 13.2. The highest BCUT2D eigenvalue weighted by atomic mass is 32.2. The van der Waals surface area contributed by atoms with E-state index in [2.05, 4.69) is 5.32 Å². The van der Waals surface area contributed by atoms with E-state index in [1.54, 1.807) is 18.2 Å². The molecule has 0 aliphatic carbocycles. The monoisotopic (exact) mass is 447 g/mol. The molecule has 31 heavy (non-hydrogen) atoms. The molecular formula is C19H21N5O6S. The van der Waals surface area contributed by atoms with Crippen LogP contribution in [0.5, 0.6) is 0 Å². The Morgan fingerprint density at radius 1 is 1.10 bits per heavy atom. The second-order valence-electron chi connectivity index (χ2n) is 7.03. The number of nitrogens with zero attached hydrogens (tertiary/aromatic N) is 4. The zero-order valence-corrected chi connectivity index (χ0v) is 17.7. The van der Waals surface area contributed by atoms with Crippen LogP contribution in [0.1, 0.15) is 0 Å². The molecule has 1 N–H and O–H groups in total. The van der Waals surface area contributed by atoms with E-state index < -0.39 is 26.5 Å². The van der Waals surface area contributed by atoms with E-state index in [9.17, 15) is 28.1 Å². The maximum Gasteiger partial charge on any atom is 0.343 e. The smallest absolute Gasteiger partial charge is 0.343 e. The lowest BCUT2D eigenvalue weighted by atomic mass is 10.3. The molecule has 0 spiro atoms. The highest BCUT2D eigenvalue weighted by Gasteiger charge is 2.26. The minimum Gasteiger partial charge on any atom is -0.353 e. The summed E-state index contributed by atoms with van der Waals surface area (Å²) in [7, 11) is -0.651. The molecule has 0 radical (unpaired) electrons. The third-order valence-electron chi connectivity index (χ3n) is 4.56. The molecule has 0 unspecified atom stereocenters. The predicted octanol–water partition coefficient (Wildman–Crippen LogP) is 0.626. The van der Waals surface area contributed by atoms with Gasteiger partial charge in [0, 0.05) is 25.2 Å². The Labute approximate surface area is 177 Å². The lowest BCUT2D eigenvalue weighted by molar-refractivity contribution is -0.384. The molecule has 0 atom stereocenters. The van der Waals surface area contributed by atoms with Gasteiger partial charge in [-0.15, -0.1) is 0 Å². The van der Waals surface area contributed by atoms with Gasteiger partial charge < -0.3 is 10.2 Å². The summed E-state index contributed by atoms with van der Waals surface area (Å²) in [5, 5.41) is 13.5. The van der Waals surface area contributed by atoms with Crippen LogP contribution in [0.4, 0.5) is 5.69 Å². The fourth-order valence-corrected chi connectivity index (χ4v) is 4.44. The highest BCUT2D eigenvalue weighted by molar-refractivity contribution is 7.90. The van der Waals surface area contributed by atoms with Crippen molar-refractivity contribution < 1.29 is 18.1 Å². The molecule has 0 bridgehead atoms. The summed E-state index contributed by atoms with van der Waals surface area (Å²) >= 11 is 0. The van der Waals surface area contributed by atoms with Gasteiger partial charge in [-0.3, -0.25) is 19.5 Å². The average Bonchev–Trinajstić information content (AvgIpc) is 3.00. The third-order valence-corrected chi connectivity index (χ3v) is 6.27. The summed E-state index contributed by atoms with van der Waals surface area (Å²) in [4.78, 5) is 37.2. The number of nitrogens with one attached hydrogen (secondary N) is 1. The van der Waals surface area contributed by atoms with Crippen molar-refractivity contribution in [2.75, 3.05) is 27.2 Å². The molecule has 1 amide bonds. The number of non-ortho nitro benzene ring substituents is 1. The highest BCUT2D eigenvalue weighted by Crippen LogP contribution is 2.21. The van der Waals surface area contributed by atoms with Gasteiger partial charge in [-0.1, -0.05) is 12.1 Å². The van der Waals surface area contributed by atoms with Crippen LogP contribution < -0.4 is 11.0 Å². The van der Waals surface area contributed by atoms with Crippen LogP contribution in [0.2, 0.25) is 0 Å². The van der Waals surface area contributed by atoms with Gasteiger partial charge in [0.2, 0.25) is 5.91 Å². The Bertz CT molecular complexity index is 1290. The van der Waals surface area contributed by atoms with Gasteiger partial charge in [-0.2, -0.15) is 3.97 Å². The van der Waals surface area contributed by atoms with Crippen molar-refractivity contribution in [3.63, 3.8) is 0 Å². The number of para-hydroxylation sites is 2. The zero-order chi connectivity index (χ0) is 22.8. The summed E-state index contributed by atoms with van der Waals surface area (Å²) in [5.41, 5.74) is -0.793. The van der Waals surface area contributed by atoms with Crippen molar-refractivity contribution in [3.8, 4) is 0 Å². The second kappa shape index (κ2) is 8.70. The van der Waals surface area contributed by atoms with Crippen LogP contribution in [0.15, 0.2) is 58.2 Å². The van der Waals surface area contributed by atoms with E-state index in [0.29, 0.717) is 17.1 Å². The van der Waals surface area contributed by atoms with Crippen LogP contribution >= 0.6 is 0 Å². The number of carbonyl (C=O) groups is 1. The van der Waals surface area contributed by atoms with Crippen LogP contribution in [-0.2, 0) is 21.4 Å². The number of hydrogen-bond donors (Lipinski definition) is 1. The molecule has 3 aromatic rings. The number of likely N-dealkylation sites (N-methyl/N-ethyl adjacent to an activating group) is 1. The van der Waals surface area contributed by atoms with Crippen molar-refractivity contribution in [1.82, 2.24) is 18.8 Å². The molecule has 0 aliphatic heterocycles. The van der Waals surface area contributed by atoms with Gasteiger partial charge in [0.05, 0.1) is 20.9 Å². The van der Waals surface area contributed by atoms with Gasteiger partial charge in [0.1, 0.15) is 6.54 Å². The number of nitro groups is 1. The fourth-order valence-electron chi connectivity index (χ4n) is 3.03. The first-order chi connectivity index (χ1) is 14.6. The van der Waals surface area contributed by atoms with Crippen molar-refractivity contribution in [1.29, 1.82) is 0 Å². The molecule has 2 aromatic carbocycles. The summed E-state index contributed by atoms with van der Waals surface area (Å²) in [6.45, 7) is 0.632. The van der Waals surface area contributed by atoms with Crippen molar-refractivity contribution >= 4 is 32.7 Å². The standard InChI is InChI=1S/C19H21N5O6S/c1-21(2)12-11-20-18(25)13-22-16-5-3-4-6-17(16)23(19(22)26)31(29,30)15-9-7-14(8-10-15)24(27)28/h3-10H,11-13H2,1-2H3,(H,20,25). The van der Waals surface area contributed by atoms with E-state index >= 15 is 0 Å². The zero-order valence-electron chi connectivity index (χ0n) is 16.9. The molecule has 3 rings (SSSR count). The minimum atomic E-state index is -4.36. The van der Waals surface area contributed by atoms with E-state index in [-0.39, 0.29) is 28.2 Å². The molecule has 0 fully saturated rings. The largest absolute Gasteiger partial charge is 0.353 e. The Balaban J connectivity index is 2.04. The number of nitro benzene ring substituents is 1. The van der Waals surface area contributed by atoms with Gasteiger partial charge in [0.25, 0.3) is 15.7 Å². The lowest BCUT2D eigenvalue weighted by Crippen LogP contribution is -2.37. The quantitative estimate of drug-likeness (QED) is 0.395. The van der Waals surface area contributed by atoms with Crippen LogP contribution in [0.25, 0.3) is 11.0 Å². The minimum absolute atomic E-state index is 0.104. The van der Waals surface area contributed by atoms with Gasteiger partial charge in [0.15, 0.2) is 0 Å². The van der Waals surface area contributed by atoms with E-state index in [4.69, 9.17) is 0 Å². The first kappa shape index (κ1) is 22.2. The van der Waals surface area contributed by atoms with E-state index in [1.165, 1.54) is 6.07 Å². The average molecular weight is 447 g/mol. The first-order valence-electron chi connectivity index (χ1n) is 9.24. The molecule has 0 saturated carbocycles. The molecule has 1 heterocycles. The molecule has 12 heteroatoms. The topological polar surface area (TPSA) is 137 Å². The molecule has 11 nitrogen and oxygen atoms in total. The Morgan fingerprint density at radius 3 is 2.29 bits per heavy atom. The Kier molecular flexibility index (Phi) is 6.22. The summed E-state index contributed by atoms with van der Waals surface area (Å²) in [6.07, 6.45) is 0. The number of imidazole rings is 1. The summed E-state index contributed by atoms with van der Waals surface area (Å²) < 4.78 is 28.0. The van der Waals surface area contributed by atoms with Gasteiger partial charge in [-0.25, -0.2) is 13.2 Å². The van der Waals surface area contributed by atoms with E-state index in [1.807, 2.05) is 19.0 Å². The molecule has 1 aromatic heterocycles. The second-order valence-corrected chi connectivity index (χ2v) is 8.82. The number of fused-ring (bicyclic) bond motifs is 1. The number of amides is 1. The van der Waals surface area contributed by atoms with Gasteiger partial charge >= 0.3 is 5.69 Å². The number of rotatable bonds is 8. The van der Waals surface area contributed by atoms with Crippen LogP contribution in [0.3, 0.4) is 0 Å². The maximum atomic E-state index is 13.2. The summed E-state index contributed by atoms with van der Waals surface area (Å²) in [6, 6.07) is 10.5. The molecular weight excluding hydrogens is 426 g/mol. The van der Waals surface area contributed by atoms with Gasteiger partial charge in [-0.05, 0) is 38.4 Å². The predicted molar refractivity (Wildman–Crippen MR) is 113 cm³/mol. The number of carbonyl (C=O) groups excluding carboxylic acids is 1. The third kappa shape index (κ3) is 4.49. The molecule has 0 saturated heterocycles. The molecule has 0 aliphatic rings. The lowest BCUT2D eigenvalue weighted by Gasteiger charge is -2.10. The normalized spacial score (nSPS) is 11.7. The molecule has 164 valence electrons. The Hall–Kier alpha value is -3.51. The van der Waals surface area contributed by atoms with Crippen molar-refractivity contribution in [3.05, 3.63) is 69.1 Å². The number of benzene rings is 2. The van der Waals surface area contributed by atoms with Crippen molar-refractivity contribution in [2.24, 2.45) is 0 Å². The van der Waals surface area contributed by atoms with Crippen LogP contribution in [-0.4, -0.2) is 59.9 Å². The first-order valence-corrected chi connectivity index (χ1v) is 10.7. The van der Waals surface area contributed by atoms with E-state index in [0.717, 1.165) is 28.8 Å².